The van der Waals surface area contributed by atoms with Gasteiger partial charge in [-0.3, -0.25) is 9.88 Å². The number of carbonyl (C=O) groups excluding carboxylic acids is 1. The molecule has 40 heavy (non-hydrogen) atoms. The quantitative estimate of drug-likeness (QED) is 0.375. The third-order valence-corrected chi connectivity index (χ3v) is 6.70. The Balaban J connectivity index is 1.24. The summed E-state index contributed by atoms with van der Waals surface area (Å²) in [4.78, 5) is 34.7. The molecule has 2 aliphatic rings. The van der Waals surface area contributed by atoms with E-state index >= 15 is 0 Å². The smallest absolute Gasteiger partial charge is 0.410 e. The summed E-state index contributed by atoms with van der Waals surface area (Å²) in [7, 11) is 0. The molecule has 0 unspecified atom stereocenters. The lowest BCUT2D eigenvalue weighted by molar-refractivity contribution is 0.00974. The van der Waals surface area contributed by atoms with Crippen molar-refractivity contribution in [1.29, 1.82) is 0 Å². The van der Waals surface area contributed by atoms with Crippen molar-refractivity contribution in [3.63, 3.8) is 0 Å². The standard InChI is InChI=1S/C29H31N7O4/c1-18-12-19(7-8-23(18)39-21-6-5-9-30-14-21)33-26-25-22(31-17-32-26)13-24-27(34-25)35-10-11-36(20(15-35)16-38-24)28(37)40-29(2,3)4/h5-9,12-14,17,20H,10-11,15-16H2,1-4H3,(H,31,32,33)/t20-/m0/s1. The van der Waals surface area contributed by atoms with Gasteiger partial charge in [0.1, 0.15) is 35.6 Å². The maximum Gasteiger partial charge on any atom is 0.410 e. The molecule has 1 N–H and O–H groups in total. The van der Waals surface area contributed by atoms with Crippen LogP contribution in [0.4, 0.5) is 22.1 Å². The third kappa shape index (κ3) is 5.27. The van der Waals surface area contributed by atoms with Crippen LogP contribution in [0.1, 0.15) is 26.3 Å². The highest BCUT2D eigenvalue weighted by molar-refractivity contribution is 5.90. The van der Waals surface area contributed by atoms with Crippen molar-refractivity contribution in [2.45, 2.75) is 39.3 Å². The van der Waals surface area contributed by atoms with Gasteiger partial charge in [0.2, 0.25) is 0 Å². The molecule has 2 aliphatic heterocycles. The first kappa shape index (κ1) is 25.6. The molecule has 1 atom stereocenters. The second-order valence-corrected chi connectivity index (χ2v) is 10.9. The Morgan fingerprint density at radius 1 is 1.15 bits per heavy atom. The van der Waals surface area contributed by atoms with Crippen molar-refractivity contribution < 1.29 is 19.0 Å². The van der Waals surface area contributed by atoms with E-state index in [1.165, 1.54) is 6.33 Å². The number of ether oxygens (including phenoxy) is 3. The lowest BCUT2D eigenvalue weighted by Gasteiger charge is -2.39. The zero-order valence-corrected chi connectivity index (χ0v) is 22.9. The lowest BCUT2D eigenvalue weighted by atomic mass is 10.2. The minimum absolute atomic E-state index is 0.153. The number of nitrogens with one attached hydrogen (secondary N) is 1. The summed E-state index contributed by atoms with van der Waals surface area (Å²) < 4.78 is 17.8. The summed E-state index contributed by atoms with van der Waals surface area (Å²) in [5.74, 6) is 3.36. The first-order valence-electron chi connectivity index (χ1n) is 13.2. The predicted molar refractivity (Wildman–Crippen MR) is 151 cm³/mol. The van der Waals surface area contributed by atoms with Crippen molar-refractivity contribution in [2.24, 2.45) is 0 Å². The molecule has 6 rings (SSSR count). The van der Waals surface area contributed by atoms with Crippen LogP contribution in [0.2, 0.25) is 0 Å². The van der Waals surface area contributed by atoms with E-state index < -0.39 is 5.60 Å². The number of pyridine rings is 2. The molecule has 0 aliphatic carbocycles. The van der Waals surface area contributed by atoms with E-state index in [4.69, 9.17) is 19.2 Å². The van der Waals surface area contributed by atoms with Crippen LogP contribution in [0, 0.1) is 6.92 Å². The Kier molecular flexibility index (Phi) is 6.49. The molecule has 0 radical (unpaired) electrons. The molecule has 11 heteroatoms. The Morgan fingerprint density at radius 2 is 2.02 bits per heavy atom. The van der Waals surface area contributed by atoms with Crippen LogP contribution < -0.4 is 19.7 Å². The van der Waals surface area contributed by atoms with Crippen molar-refractivity contribution in [3.05, 3.63) is 60.7 Å². The Bertz CT molecular complexity index is 1560. The SMILES string of the molecule is Cc1cc(Nc2ncnc3cc4c(nc23)N2CCN(C(=O)OC(C)(C)C)[C@H](CO4)C2)ccc1Oc1cccnc1. The van der Waals surface area contributed by atoms with E-state index in [2.05, 4.69) is 25.2 Å². The predicted octanol–water partition coefficient (Wildman–Crippen LogP) is 5.08. The van der Waals surface area contributed by atoms with Crippen molar-refractivity contribution in [1.82, 2.24) is 24.8 Å². The number of aromatic nitrogens is 4. The van der Waals surface area contributed by atoms with Gasteiger partial charge in [-0.05, 0) is 63.6 Å². The highest BCUT2D eigenvalue weighted by Gasteiger charge is 2.37. The van der Waals surface area contributed by atoms with Gasteiger partial charge in [-0.1, -0.05) is 0 Å². The molecule has 11 nitrogen and oxygen atoms in total. The normalized spacial score (nSPS) is 16.6. The Morgan fingerprint density at radius 3 is 2.80 bits per heavy atom. The lowest BCUT2D eigenvalue weighted by Crippen LogP contribution is -2.57. The number of rotatable bonds is 4. The van der Waals surface area contributed by atoms with Gasteiger partial charge in [0, 0.05) is 37.6 Å². The van der Waals surface area contributed by atoms with Gasteiger partial charge >= 0.3 is 6.09 Å². The number of fused-ring (bicyclic) bond motifs is 5. The van der Waals surface area contributed by atoms with E-state index in [0.29, 0.717) is 60.4 Å². The number of nitrogens with zero attached hydrogens (tertiary/aromatic N) is 6. The van der Waals surface area contributed by atoms with Gasteiger partial charge in [-0.25, -0.2) is 19.7 Å². The molecule has 206 valence electrons. The zero-order valence-electron chi connectivity index (χ0n) is 22.9. The largest absolute Gasteiger partial charge is 0.487 e. The molecule has 1 fully saturated rings. The number of anilines is 3. The molecule has 2 bridgehead atoms. The maximum atomic E-state index is 12.8. The second kappa shape index (κ2) is 10.1. The summed E-state index contributed by atoms with van der Waals surface area (Å²) in [6.07, 6.45) is 4.57. The minimum atomic E-state index is -0.560. The monoisotopic (exact) mass is 541 g/mol. The van der Waals surface area contributed by atoms with Crippen molar-refractivity contribution >= 4 is 34.4 Å². The van der Waals surface area contributed by atoms with Gasteiger partial charge in [-0.2, -0.15) is 0 Å². The van der Waals surface area contributed by atoms with Gasteiger partial charge in [0.05, 0.1) is 17.8 Å². The molecule has 4 aromatic rings. The highest BCUT2D eigenvalue weighted by Crippen LogP contribution is 2.36. The van der Waals surface area contributed by atoms with E-state index in [1.807, 2.05) is 64.1 Å². The van der Waals surface area contributed by atoms with Crippen LogP contribution in [0.3, 0.4) is 0 Å². The molecule has 0 spiro atoms. The summed E-state index contributed by atoms with van der Waals surface area (Å²) >= 11 is 0. The first-order valence-corrected chi connectivity index (χ1v) is 13.2. The fourth-order valence-corrected chi connectivity index (χ4v) is 4.83. The molecule has 1 amide bonds. The van der Waals surface area contributed by atoms with Gasteiger partial charge < -0.3 is 24.4 Å². The summed E-state index contributed by atoms with van der Waals surface area (Å²) in [5, 5.41) is 3.39. The zero-order chi connectivity index (χ0) is 27.9. The van der Waals surface area contributed by atoms with Gasteiger partial charge in [0.25, 0.3) is 0 Å². The summed E-state index contributed by atoms with van der Waals surface area (Å²) in [6.45, 7) is 9.66. The number of carbonyl (C=O) groups is 1. The number of hydrogen-bond donors (Lipinski definition) is 1. The van der Waals surface area contributed by atoms with Crippen LogP contribution >= 0.6 is 0 Å². The number of benzene rings is 1. The van der Waals surface area contributed by atoms with Crippen LogP contribution in [-0.2, 0) is 4.74 Å². The number of aryl methyl sites for hydroxylation is 1. The molecular weight excluding hydrogens is 510 g/mol. The number of amides is 1. The maximum absolute atomic E-state index is 12.8. The van der Waals surface area contributed by atoms with E-state index in [0.717, 1.165) is 17.0 Å². The average molecular weight is 542 g/mol. The highest BCUT2D eigenvalue weighted by atomic mass is 16.6. The molecule has 5 heterocycles. The molecule has 1 aromatic carbocycles. The van der Waals surface area contributed by atoms with Crippen LogP contribution in [0.25, 0.3) is 11.0 Å². The molecule has 0 saturated carbocycles. The third-order valence-electron chi connectivity index (χ3n) is 6.70. The summed E-state index contributed by atoms with van der Waals surface area (Å²) in [5.41, 5.74) is 2.53. The van der Waals surface area contributed by atoms with Crippen molar-refractivity contribution in [2.75, 3.05) is 36.5 Å². The van der Waals surface area contributed by atoms with Gasteiger partial charge in [-0.15, -0.1) is 0 Å². The Labute approximate surface area is 232 Å². The molecular formula is C29H31N7O4. The first-order chi connectivity index (χ1) is 19.2. The van der Waals surface area contributed by atoms with Crippen molar-refractivity contribution in [3.8, 4) is 17.2 Å². The number of piperazine rings is 1. The minimum Gasteiger partial charge on any atom is -0.487 e. The Hall–Kier alpha value is -4.67. The van der Waals surface area contributed by atoms with Gasteiger partial charge in [0.15, 0.2) is 17.4 Å². The molecule has 3 aromatic heterocycles. The number of hydrogen-bond acceptors (Lipinski definition) is 10. The van der Waals surface area contributed by atoms with E-state index in [1.54, 1.807) is 17.3 Å². The van der Waals surface area contributed by atoms with Crippen LogP contribution in [-0.4, -0.2) is 68.8 Å². The van der Waals surface area contributed by atoms with E-state index in [-0.39, 0.29) is 12.1 Å². The average Bonchev–Trinajstić information content (AvgIpc) is 3.05. The molecule has 1 saturated heterocycles. The fraction of sp³-hybridized carbons (Fsp3) is 0.345. The second-order valence-electron chi connectivity index (χ2n) is 10.9. The van der Waals surface area contributed by atoms with E-state index in [9.17, 15) is 4.79 Å². The topological polar surface area (TPSA) is 115 Å². The van der Waals surface area contributed by atoms with Crippen LogP contribution in [0.5, 0.6) is 17.2 Å². The van der Waals surface area contributed by atoms with Crippen LogP contribution in [0.15, 0.2) is 55.1 Å². The fourth-order valence-electron chi connectivity index (χ4n) is 4.83. The summed E-state index contributed by atoms with van der Waals surface area (Å²) in [6, 6.07) is 11.3.